The minimum Gasteiger partial charge on any atom is -0.464 e. The Balaban J connectivity index is 2.37. The molecule has 0 unspecified atom stereocenters. The Morgan fingerprint density at radius 2 is 2.05 bits per heavy atom. The van der Waals surface area contributed by atoms with Gasteiger partial charge >= 0.3 is 5.97 Å². The molecule has 1 aromatic carbocycles. The van der Waals surface area contributed by atoms with Crippen LogP contribution in [0.4, 0.5) is 15.2 Å². The van der Waals surface area contributed by atoms with Crippen molar-refractivity contribution in [3.8, 4) is 0 Å². The molecule has 0 bridgehead atoms. The maximum absolute atomic E-state index is 13.0. The molecule has 0 N–H and O–H groups in total. The Hall–Kier alpha value is -1.95. The minimum absolute atomic E-state index is 0.282. The molecule has 0 atom stereocenters. The number of hydrogen-bond acceptors (Lipinski definition) is 5. The first-order valence-electron chi connectivity index (χ1n) is 6.15. The van der Waals surface area contributed by atoms with Gasteiger partial charge in [0.1, 0.15) is 5.82 Å². The van der Waals surface area contributed by atoms with E-state index in [0.717, 1.165) is 10.6 Å². The second kappa shape index (κ2) is 6.00. The predicted molar refractivity (Wildman–Crippen MR) is 77.3 cm³/mol. The first-order chi connectivity index (χ1) is 9.56. The van der Waals surface area contributed by atoms with Crippen LogP contribution in [0, 0.1) is 12.7 Å². The van der Waals surface area contributed by atoms with Crippen LogP contribution in [0.5, 0.6) is 0 Å². The lowest BCUT2D eigenvalue weighted by Crippen LogP contribution is -2.16. The molecule has 0 aliphatic heterocycles. The number of halogens is 1. The van der Waals surface area contributed by atoms with E-state index in [1.54, 1.807) is 12.1 Å². The second-order valence-electron chi connectivity index (χ2n) is 4.11. The number of carbonyl (C=O) groups is 1. The van der Waals surface area contributed by atoms with Gasteiger partial charge in [-0.25, -0.2) is 14.2 Å². The molecule has 0 radical (unpaired) electrons. The van der Waals surface area contributed by atoms with E-state index in [-0.39, 0.29) is 5.82 Å². The lowest BCUT2D eigenvalue weighted by molar-refractivity contribution is 0.0594. The van der Waals surface area contributed by atoms with E-state index in [9.17, 15) is 9.18 Å². The Morgan fingerprint density at radius 1 is 1.40 bits per heavy atom. The van der Waals surface area contributed by atoms with Gasteiger partial charge in [0.15, 0.2) is 10.8 Å². The van der Waals surface area contributed by atoms with Crippen molar-refractivity contribution in [1.82, 2.24) is 4.98 Å². The van der Waals surface area contributed by atoms with Gasteiger partial charge in [0.2, 0.25) is 0 Å². The molecule has 0 aliphatic rings. The summed E-state index contributed by atoms with van der Waals surface area (Å²) in [5.41, 5.74) is 1.16. The topological polar surface area (TPSA) is 42.4 Å². The number of aromatic nitrogens is 1. The fourth-order valence-corrected chi connectivity index (χ4v) is 2.81. The third-order valence-corrected chi connectivity index (χ3v) is 3.84. The fourth-order valence-electron chi connectivity index (χ4n) is 1.83. The largest absolute Gasteiger partial charge is 0.464 e. The Kier molecular flexibility index (Phi) is 4.34. The van der Waals surface area contributed by atoms with Gasteiger partial charge in [0.25, 0.3) is 0 Å². The average molecular weight is 294 g/mol. The van der Waals surface area contributed by atoms with Crippen LogP contribution in [-0.4, -0.2) is 24.6 Å². The molecule has 1 aromatic heterocycles. The van der Waals surface area contributed by atoms with E-state index in [4.69, 9.17) is 4.74 Å². The van der Waals surface area contributed by atoms with Gasteiger partial charge in [-0.15, -0.1) is 11.3 Å². The van der Waals surface area contributed by atoms with Gasteiger partial charge in [-0.2, -0.15) is 0 Å². The van der Waals surface area contributed by atoms with Gasteiger partial charge in [-0.3, -0.25) is 0 Å². The Bertz CT molecular complexity index is 610. The maximum Gasteiger partial charge on any atom is 0.357 e. The second-order valence-corrected chi connectivity index (χ2v) is 5.30. The third-order valence-electron chi connectivity index (χ3n) is 2.85. The predicted octanol–water partition coefficient (Wildman–Crippen LogP) is 3.54. The van der Waals surface area contributed by atoms with Crippen LogP contribution >= 0.6 is 11.3 Å². The van der Waals surface area contributed by atoms with Crippen LogP contribution in [-0.2, 0) is 4.74 Å². The molecular weight excluding hydrogens is 279 g/mol. The summed E-state index contributed by atoms with van der Waals surface area (Å²) in [5.74, 6) is -0.726. The maximum atomic E-state index is 13.0. The molecule has 0 amide bonds. The summed E-state index contributed by atoms with van der Waals surface area (Å²) in [4.78, 5) is 18.6. The van der Waals surface area contributed by atoms with Crippen LogP contribution in [0.1, 0.15) is 22.3 Å². The van der Waals surface area contributed by atoms with E-state index >= 15 is 0 Å². The molecule has 20 heavy (non-hydrogen) atoms. The molecule has 0 spiro atoms. The van der Waals surface area contributed by atoms with Crippen molar-refractivity contribution in [3.05, 3.63) is 40.7 Å². The van der Waals surface area contributed by atoms with Gasteiger partial charge in [-0.05, 0) is 38.1 Å². The number of nitrogens with zero attached hydrogens (tertiary/aromatic N) is 2. The summed E-state index contributed by atoms with van der Waals surface area (Å²) in [6, 6.07) is 6.18. The van der Waals surface area contributed by atoms with Crippen molar-refractivity contribution in [3.63, 3.8) is 0 Å². The summed E-state index contributed by atoms with van der Waals surface area (Å²) in [7, 11) is 1.33. The van der Waals surface area contributed by atoms with E-state index in [2.05, 4.69) is 4.98 Å². The van der Waals surface area contributed by atoms with Gasteiger partial charge in [0, 0.05) is 17.1 Å². The van der Waals surface area contributed by atoms with Crippen LogP contribution in [0.3, 0.4) is 0 Å². The zero-order chi connectivity index (χ0) is 14.7. The number of benzene rings is 1. The number of carbonyl (C=O) groups excluding carboxylic acids is 1. The highest BCUT2D eigenvalue weighted by Crippen LogP contribution is 2.31. The van der Waals surface area contributed by atoms with E-state index in [1.165, 1.54) is 30.6 Å². The molecule has 2 rings (SSSR count). The first kappa shape index (κ1) is 14.5. The van der Waals surface area contributed by atoms with Crippen molar-refractivity contribution in [1.29, 1.82) is 0 Å². The van der Waals surface area contributed by atoms with Crippen LogP contribution < -0.4 is 4.90 Å². The number of esters is 1. The van der Waals surface area contributed by atoms with Crippen LogP contribution in [0.25, 0.3) is 0 Å². The van der Waals surface area contributed by atoms with Gasteiger partial charge in [0.05, 0.1) is 7.11 Å². The molecule has 1 heterocycles. The molecule has 6 heteroatoms. The van der Waals surface area contributed by atoms with E-state index in [0.29, 0.717) is 17.4 Å². The summed E-state index contributed by atoms with van der Waals surface area (Å²) in [6.45, 7) is 4.46. The Morgan fingerprint density at radius 3 is 2.60 bits per heavy atom. The molecule has 4 nitrogen and oxygen atoms in total. The SMILES string of the molecule is CCN(c1ccc(F)cc1)c1nc(C(=O)OC)c(C)s1. The number of methoxy groups -OCH3 is 1. The molecule has 106 valence electrons. The van der Waals surface area contributed by atoms with Crippen LogP contribution in [0.15, 0.2) is 24.3 Å². The molecule has 0 aliphatic carbocycles. The summed E-state index contributed by atoms with van der Waals surface area (Å²) >= 11 is 1.41. The van der Waals surface area contributed by atoms with Gasteiger partial charge < -0.3 is 9.64 Å². The molecule has 0 saturated carbocycles. The monoisotopic (exact) mass is 294 g/mol. The van der Waals surface area contributed by atoms with Crippen molar-refractivity contribution in [2.45, 2.75) is 13.8 Å². The van der Waals surface area contributed by atoms with Crippen molar-refractivity contribution < 1.29 is 13.9 Å². The van der Waals surface area contributed by atoms with Crippen molar-refractivity contribution in [2.24, 2.45) is 0 Å². The highest BCUT2D eigenvalue weighted by Gasteiger charge is 2.19. The quantitative estimate of drug-likeness (QED) is 0.809. The van der Waals surface area contributed by atoms with Crippen LogP contribution in [0.2, 0.25) is 0 Å². The van der Waals surface area contributed by atoms with Crippen molar-refractivity contribution in [2.75, 3.05) is 18.6 Å². The zero-order valence-corrected chi connectivity index (χ0v) is 12.3. The average Bonchev–Trinajstić information content (AvgIpc) is 2.83. The highest BCUT2D eigenvalue weighted by molar-refractivity contribution is 7.15. The summed E-state index contributed by atoms with van der Waals surface area (Å²) < 4.78 is 17.7. The molecule has 0 saturated heterocycles. The number of rotatable bonds is 4. The molecular formula is C14H15FN2O2S. The van der Waals surface area contributed by atoms with Crippen molar-refractivity contribution >= 4 is 28.1 Å². The van der Waals surface area contributed by atoms with E-state index in [1.807, 2.05) is 18.7 Å². The lowest BCUT2D eigenvalue weighted by Gasteiger charge is -2.19. The number of anilines is 2. The number of aryl methyl sites for hydroxylation is 1. The smallest absolute Gasteiger partial charge is 0.357 e. The molecule has 0 fully saturated rings. The third kappa shape index (κ3) is 2.80. The normalized spacial score (nSPS) is 10.4. The highest BCUT2D eigenvalue weighted by atomic mass is 32.1. The molecule has 2 aromatic rings. The number of thiazole rings is 1. The Labute approximate surface area is 120 Å². The van der Waals surface area contributed by atoms with E-state index < -0.39 is 5.97 Å². The minimum atomic E-state index is -0.444. The summed E-state index contributed by atoms with van der Waals surface area (Å²) in [6.07, 6.45) is 0. The van der Waals surface area contributed by atoms with Gasteiger partial charge in [-0.1, -0.05) is 0 Å². The first-order valence-corrected chi connectivity index (χ1v) is 6.97. The lowest BCUT2D eigenvalue weighted by atomic mass is 10.3. The standard InChI is InChI=1S/C14H15FN2O2S/c1-4-17(11-7-5-10(15)6-8-11)14-16-12(9(2)20-14)13(18)19-3/h5-8H,4H2,1-3H3. The fraction of sp³-hybridized carbons (Fsp3) is 0.286. The zero-order valence-electron chi connectivity index (χ0n) is 11.5. The number of hydrogen-bond donors (Lipinski definition) is 0. The number of ether oxygens (including phenoxy) is 1. The summed E-state index contributed by atoms with van der Waals surface area (Å²) in [5, 5.41) is 0.692.